The average Bonchev–Trinajstić information content (AvgIpc) is 3.25. The summed E-state index contributed by atoms with van der Waals surface area (Å²) in [6.45, 7) is 3.11. The number of thiophene rings is 1. The zero-order chi connectivity index (χ0) is 16.7. The van der Waals surface area contributed by atoms with Crippen molar-refractivity contribution >= 4 is 21.4 Å². The average molecular weight is 358 g/mol. The highest BCUT2D eigenvalue weighted by Gasteiger charge is 2.37. The molecule has 1 unspecified atom stereocenters. The van der Waals surface area contributed by atoms with Crippen LogP contribution in [0.1, 0.15) is 22.2 Å². The van der Waals surface area contributed by atoms with E-state index in [1.54, 1.807) is 27.8 Å². The molecule has 4 rings (SSSR count). The van der Waals surface area contributed by atoms with Crippen LogP contribution in [-0.2, 0) is 16.6 Å². The van der Waals surface area contributed by atoms with Gasteiger partial charge in [-0.05, 0) is 42.6 Å². The number of fused-ring (bicyclic) bond motifs is 1. The van der Waals surface area contributed by atoms with Gasteiger partial charge < -0.3 is 4.57 Å². The molecule has 1 atom stereocenters. The SMILES string of the molecule is Cc1ccc(S(=O)(=O)N2CCn3cccc3C2c2cccs2)cc1. The van der Waals surface area contributed by atoms with Crippen LogP contribution in [0, 0.1) is 6.92 Å². The first-order valence-corrected chi connectivity index (χ1v) is 10.2. The topological polar surface area (TPSA) is 42.3 Å². The molecule has 3 heterocycles. The zero-order valence-corrected chi connectivity index (χ0v) is 14.9. The van der Waals surface area contributed by atoms with Crippen LogP contribution in [-0.4, -0.2) is 23.8 Å². The summed E-state index contributed by atoms with van der Waals surface area (Å²) in [5.41, 5.74) is 2.08. The van der Waals surface area contributed by atoms with E-state index in [4.69, 9.17) is 0 Å². The second kappa shape index (κ2) is 5.88. The summed E-state index contributed by atoms with van der Waals surface area (Å²) in [4.78, 5) is 1.40. The van der Waals surface area contributed by atoms with E-state index in [0.717, 1.165) is 16.1 Å². The molecule has 0 amide bonds. The molecule has 4 nitrogen and oxygen atoms in total. The Balaban J connectivity index is 1.83. The van der Waals surface area contributed by atoms with Gasteiger partial charge in [0.25, 0.3) is 0 Å². The maximum atomic E-state index is 13.3. The lowest BCUT2D eigenvalue weighted by molar-refractivity contribution is 0.301. The molecule has 24 heavy (non-hydrogen) atoms. The van der Waals surface area contributed by atoms with E-state index in [0.29, 0.717) is 18.0 Å². The summed E-state index contributed by atoms with van der Waals surface area (Å²) in [7, 11) is -3.55. The van der Waals surface area contributed by atoms with E-state index >= 15 is 0 Å². The molecule has 3 aromatic rings. The maximum Gasteiger partial charge on any atom is 0.244 e. The fourth-order valence-corrected chi connectivity index (χ4v) is 5.69. The van der Waals surface area contributed by atoms with Crippen LogP contribution < -0.4 is 0 Å². The van der Waals surface area contributed by atoms with Crippen molar-refractivity contribution in [2.75, 3.05) is 6.54 Å². The van der Waals surface area contributed by atoms with Crippen LogP contribution in [0.2, 0.25) is 0 Å². The van der Waals surface area contributed by atoms with Crippen molar-refractivity contribution in [2.24, 2.45) is 0 Å². The standard InChI is InChI=1S/C18H18N2O2S2/c1-14-6-8-15(9-7-14)24(21,22)20-12-11-19-10-2-4-16(19)18(20)17-5-3-13-23-17/h2-10,13,18H,11-12H2,1H3. The number of sulfonamides is 1. The van der Waals surface area contributed by atoms with Gasteiger partial charge in [0.15, 0.2) is 0 Å². The molecular formula is C18H18N2O2S2. The molecule has 0 spiro atoms. The third-order valence-corrected chi connectivity index (χ3v) is 7.24. The molecule has 0 fully saturated rings. The first kappa shape index (κ1) is 15.6. The van der Waals surface area contributed by atoms with Crippen molar-refractivity contribution in [3.63, 3.8) is 0 Å². The van der Waals surface area contributed by atoms with Crippen LogP contribution in [0.3, 0.4) is 0 Å². The molecule has 0 radical (unpaired) electrons. The first-order valence-electron chi connectivity index (χ1n) is 7.84. The Morgan fingerprint density at radius 3 is 2.54 bits per heavy atom. The van der Waals surface area contributed by atoms with Gasteiger partial charge in [0, 0.05) is 29.9 Å². The van der Waals surface area contributed by atoms with Crippen molar-refractivity contribution in [3.05, 3.63) is 76.2 Å². The highest BCUT2D eigenvalue weighted by atomic mass is 32.2. The minimum atomic E-state index is -3.55. The van der Waals surface area contributed by atoms with Crippen molar-refractivity contribution in [1.82, 2.24) is 8.87 Å². The molecule has 6 heteroatoms. The van der Waals surface area contributed by atoms with Crippen molar-refractivity contribution in [2.45, 2.75) is 24.4 Å². The van der Waals surface area contributed by atoms with E-state index in [9.17, 15) is 8.42 Å². The molecule has 0 aliphatic carbocycles. The number of rotatable bonds is 3. The van der Waals surface area contributed by atoms with Crippen molar-refractivity contribution in [3.8, 4) is 0 Å². The molecule has 1 aromatic carbocycles. The number of aromatic nitrogens is 1. The van der Waals surface area contributed by atoms with Gasteiger partial charge in [-0.2, -0.15) is 4.31 Å². The number of nitrogens with zero attached hydrogens (tertiary/aromatic N) is 2. The number of hydrogen-bond acceptors (Lipinski definition) is 3. The Kier molecular flexibility index (Phi) is 3.83. The predicted molar refractivity (Wildman–Crippen MR) is 95.7 cm³/mol. The monoisotopic (exact) mass is 358 g/mol. The minimum absolute atomic E-state index is 0.264. The molecule has 2 aromatic heterocycles. The summed E-state index contributed by atoms with van der Waals surface area (Å²) in [5.74, 6) is 0. The third-order valence-electron chi connectivity index (χ3n) is 4.43. The number of hydrogen-bond donors (Lipinski definition) is 0. The normalized spacial score (nSPS) is 18.5. The lowest BCUT2D eigenvalue weighted by Crippen LogP contribution is -2.42. The van der Waals surface area contributed by atoms with E-state index in [1.807, 2.05) is 54.9 Å². The third kappa shape index (κ3) is 2.51. The highest BCUT2D eigenvalue weighted by molar-refractivity contribution is 7.89. The van der Waals surface area contributed by atoms with Gasteiger partial charge in [-0.3, -0.25) is 0 Å². The summed E-state index contributed by atoms with van der Waals surface area (Å²) in [6, 6.07) is 14.8. The van der Waals surface area contributed by atoms with Gasteiger partial charge in [0.1, 0.15) is 0 Å². The van der Waals surface area contributed by atoms with Crippen LogP contribution in [0.25, 0.3) is 0 Å². The molecular weight excluding hydrogens is 340 g/mol. The molecule has 124 valence electrons. The molecule has 0 bridgehead atoms. The second-order valence-corrected chi connectivity index (χ2v) is 8.84. The first-order chi connectivity index (χ1) is 11.6. The second-order valence-electron chi connectivity index (χ2n) is 5.97. The Hall–Kier alpha value is -1.89. The fourth-order valence-electron chi connectivity index (χ4n) is 3.20. The van der Waals surface area contributed by atoms with Gasteiger partial charge in [0.05, 0.1) is 10.9 Å². The lowest BCUT2D eigenvalue weighted by Gasteiger charge is -2.35. The summed E-state index contributed by atoms with van der Waals surface area (Å²) in [5, 5.41) is 1.99. The van der Waals surface area contributed by atoms with Gasteiger partial charge in [-0.1, -0.05) is 23.8 Å². The van der Waals surface area contributed by atoms with E-state index in [-0.39, 0.29) is 6.04 Å². The van der Waals surface area contributed by atoms with Crippen LogP contribution in [0.4, 0.5) is 0 Å². The smallest absolute Gasteiger partial charge is 0.244 e. The maximum absolute atomic E-state index is 13.3. The van der Waals surface area contributed by atoms with Gasteiger partial charge >= 0.3 is 0 Å². The number of aryl methyl sites for hydroxylation is 1. The van der Waals surface area contributed by atoms with E-state index < -0.39 is 10.0 Å². The quantitative estimate of drug-likeness (QED) is 0.717. The van der Waals surface area contributed by atoms with Crippen LogP contribution in [0.5, 0.6) is 0 Å². The molecule has 0 saturated carbocycles. The zero-order valence-electron chi connectivity index (χ0n) is 13.3. The van der Waals surface area contributed by atoms with Crippen molar-refractivity contribution in [1.29, 1.82) is 0 Å². The minimum Gasteiger partial charge on any atom is -0.348 e. The molecule has 0 saturated heterocycles. The Morgan fingerprint density at radius 2 is 1.83 bits per heavy atom. The van der Waals surface area contributed by atoms with Gasteiger partial charge in [-0.15, -0.1) is 11.3 Å². The molecule has 1 aliphatic heterocycles. The summed E-state index contributed by atoms with van der Waals surface area (Å²) in [6.07, 6.45) is 2.02. The highest BCUT2D eigenvalue weighted by Crippen LogP contribution is 2.38. The largest absolute Gasteiger partial charge is 0.348 e. The van der Waals surface area contributed by atoms with E-state index in [2.05, 4.69) is 4.57 Å². The van der Waals surface area contributed by atoms with E-state index in [1.165, 1.54) is 0 Å². The lowest BCUT2D eigenvalue weighted by atomic mass is 10.1. The number of benzene rings is 1. The Bertz CT molecular complexity index is 941. The molecule has 1 aliphatic rings. The Labute approximate surface area is 146 Å². The van der Waals surface area contributed by atoms with Gasteiger partial charge in [-0.25, -0.2) is 8.42 Å². The van der Waals surface area contributed by atoms with Crippen molar-refractivity contribution < 1.29 is 8.42 Å². The summed E-state index contributed by atoms with van der Waals surface area (Å²) < 4.78 is 30.3. The summed E-state index contributed by atoms with van der Waals surface area (Å²) >= 11 is 1.59. The Morgan fingerprint density at radius 1 is 1.04 bits per heavy atom. The molecule has 0 N–H and O–H groups in total. The van der Waals surface area contributed by atoms with Crippen LogP contribution >= 0.6 is 11.3 Å². The predicted octanol–water partition coefficient (Wildman–Crippen LogP) is 3.65. The van der Waals surface area contributed by atoms with Crippen LogP contribution in [0.15, 0.2) is 65.0 Å². The van der Waals surface area contributed by atoms with Gasteiger partial charge in [0.2, 0.25) is 10.0 Å². The fraction of sp³-hybridized carbons (Fsp3) is 0.222.